The monoisotopic (exact) mass is 705 g/mol. The SMILES string of the molecule is CC1(C)c2cc(N(c3ccccc3)c3ccc4c(c3)C3(c5ccccc5O4)c4ccccc4-c4ccccc43)ccc2-c2c1ccc1c2oc2ccccc21. The highest BCUT2D eigenvalue weighted by molar-refractivity contribution is 6.12. The largest absolute Gasteiger partial charge is 0.457 e. The summed E-state index contributed by atoms with van der Waals surface area (Å²) in [6.45, 7) is 4.68. The maximum Gasteiger partial charge on any atom is 0.143 e. The van der Waals surface area contributed by atoms with Gasteiger partial charge in [-0.3, -0.25) is 0 Å². The summed E-state index contributed by atoms with van der Waals surface area (Å²) in [5, 5.41) is 2.32. The molecular formula is C52H35NO2. The summed E-state index contributed by atoms with van der Waals surface area (Å²) in [4.78, 5) is 2.40. The van der Waals surface area contributed by atoms with E-state index in [2.05, 4.69) is 189 Å². The first kappa shape index (κ1) is 30.6. The van der Waals surface area contributed by atoms with E-state index in [0.29, 0.717) is 0 Å². The first-order valence-corrected chi connectivity index (χ1v) is 19.1. The Balaban J connectivity index is 1.09. The zero-order valence-electron chi connectivity index (χ0n) is 30.5. The van der Waals surface area contributed by atoms with Gasteiger partial charge in [0.05, 0.1) is 5.41 Å². The molecule has 0 saturated carbocycles. The molecular weight excluding hydrogens is 671 g/mol. The third-order valence-electron chi connectivity index (χ3n) is 12.5. The van der Waals surface area contributed by atoms with Gasteiger partial charge in [-0.2, -0.15) is 0 Å². The van der Waals surface area contributed by atoms with Crippen molar-refractivity contribution >= 4 is 39.0 Å². The molecule has 2 aliphatic carbocycles. The summed E-state index contributed by atoms with van der Waals surface area (Å²) in [6.07, 6.45) is 0. The van der Waals surface area contributed by atoms with Gasteiger partial charge < -0.3 is 14.1 Å². The summed E-state index contributed by atoms with van der Waals surface area (Å²) < 4.78 is 13.4. The molecule has 1 aromatic heterocycles. The van der Waals surface area contributed by atoms with E-state index < -0.39 is 5.41 Å². The number of anilines is 3. The van der Waals surface area contributed by atoms with Crippen LogP contribution in [0.5, 0.6) is 11.5 Å². The first-order valence-electron chi connectivity index (χ1n) is 19.1. The van der Waals surface area contributed by atoms with E-state index in [4.69, 9.17) is 9.15 Å². The minimum Gasteiger partial charge on any atom is -0.457 e. The summed E-state index contributed by atoms with van der Waals surface area (Å²) in [5.41, 5.74) is 16.8. The number of para-hydroxylation sites is 3. The lowest BCUT2D eigenvalue weighted by atomic mass is 9.66. The molecule has 3 nitrogen and oxygen atoms in total. The van der Waals surface area contributed by atoms with Crippen LogP contribution in [0.4, 0.5) is 17.1 Å². The van der Waals surface area contributed by atoms with Gasteiger partial charge in [0.15, 0.2) is 0 Å². The summed E-state index contributed by atoms with van der Waals surface area (Å²) >= 11 is 0. The zero-order valence-corrected chi connectivity index (χ0v) is 30.5. The van der Waals surface area contributed by atoms with E-state index in [1.54, 1.807) is 0 Å². The van der Waals surface area contributed by atoms with Crippen molar-refractivity contribution in [3.63, 3.8) is 0 Å². The lowest BCUT2D eigenvalue weighted by Crippen LogP contribution is -2.32. The van der Waals surface area contributed by atoms with Crippen LogP contribution >= 0.6 is 0 Å². The molecule has 0 saturated heterocycles. The Hall–Kier alpha value is -6.84. The van der Waals surface area contributed by atoms with Crippen molar-refractivity contribution in [2.45, 2.75) is 24.7 Å². The lowest BCUT2D eigenvalue weighted by Gasteiger charge is -2.40. The molecule has 0 unspecified atom stereocenters. The van der Waals surface area contributed by atoms with Crippen LogP contribution < -0.4 is 9.64 Å². The van der Waals surface area contributed by atoms with Crippen molar-refractivity contribution in [3.05, 3.63) is 209 Å². The first-order chi connectivity index (χ1) is 27.0. The molecule has 0 radical (unpaired) electrons. The molecule has 0 amide bonds. The highest BCUT2D eigenvalue weighted by Crippen LogP contribution is 2.63. The minimum absolute atomic E-state index is 0.231. The molecule has 2 heterocycles. The van der Waals surface area contributed by atoms with Gasteiger partial charge in [0.25, 0.3) is 0 Å². The van der Waals surface area contributed by atoms with Gasteiger partial charge in [0.1, 0.15) is 22.7 Å². The molecule has 0 atom stereocenters. The normalized spacial score (nSPS) is 14.8. The quantitative estimate of drug-likeness (QED) is 0.183. The third kappa shape index (κ3) is 3.94. The molecule has 3 heteroatoms. The molecule has 8 aromatic carbocycles. The molecule has 55 heavy (non-hydrogen) atoms. The summed E-state index contributed by atoms with van der Waals surface area (Å²) in [7, 11) is 0. The Kier molecular flexibility index (Phi) is 6.05. The van der Waals surface area contributed by atoms with Crippen LogP contribution in [0.3, 0.4) is 0 Å². The highest BCUT2D eigenvalue weighted by Gasteiger charge is 2.51. The second-order valence-corrected chi connectivity index (χ2v) is 15.6. The number of furan rings is 1. The predicted octanol–water partition coefficient (Wildman–Crippen LogP) is 13.8. The third-order valence-corrected chi connectivity index (χ3v) is 12.5. The van der Waals surface area contributed by atoms with E-state index in [1.807, 2.05) is 6.07 Å². The highest BCUT2D eigenvalue weighted by atomic mass is 16.5. The number of ether oxygens (including phenoxy) is 1. The Bertz CT molecular complexity index is 3010. The van der Waals surface area contributed by atoms with Gasteiger partial charge >= 0.3 is 0 Å². The van der Waals surface area contributed by atoms with E-state index in [0.717, 1.165) is 61.6 Å². The maximum absolute atomic E-state index is 6.79. The fraction of sp³-hybridized carbons (Fsp3) is 0.0769. The average Bonchev–Trinajstić information content (AvgIpc) is 3.83. The topological polar surface area (TPSA) is 25.6 Å². The predicted molar refractivity (Wildman–Crippen MR) is 223 cm³/mol. The average molecular weight is 706 g/mol. The number of fused-ring (bicyclic) bond motifs is 16. The maximum atomic E-state index is 6.79. The molecule has 0 fully saturated rings. The summed E-state index contributed by atoms with van der Waals surface area (Å²) in [5.74, 6) is 1.77. The fourth-order valence-corrected chi connectivity index (χ4v) is 10.1. The molecule has 1 aliphatic heterocycles. The second-order valence-electron chi connectivity index (χ2n) is 15.6. The number of hydrogen-bond acceptors (Lipinski definition) is 3. The molecule has 260 valence electrons. The Morgan fingerprint density at radius 3 is 1.82 bits per heavy atom. The van der Waals surface area contributed by atoms with Crippen LogP contribution in [0.2, 0.25) is 0 Å². The molecule has 12 rings (SSSR count). The molecule has 0 bridgehead atoms. The van der Waals surface area contributed by atoms with Gasteiger partial charge in [-0.25, -0.2) is 0 Å². The van der Waals surface area contributed by atoms with Gasteiger partial charge in [-0.1, -0.05) is 135 Å². The standard InChI is InChI=1S/C52H35NO2/c1-51(2)43-28-27-38-37-18-8-12-22-46(37)55-50(38)49(43)39-26-24-33(30-44(39)51)53(32-14-4-3-5-15-32)34-25-29-48-45(31-34)52(42-21-11-13-23-47(42)54-48)40-19-9-6-16-35(40)36-17-7-10-20-41(36)52/h3-31H,1-2H3. The van der Waals surface area contributed by atoms with Crippen LogP contribution in [-0.4, -0.2) is 0 Å². The van der Waals surface area contributed by atoms with Crippen molar-refractivity contribution < 1.29 is 9.15 Å². The molecule has 0 N–H and O–H groups in total. The molecule has 1 spiro atoms. The van der Waals surface area contributed by atoms with Gasteiger partial charge in [-0.15, -0.1) is 0 Å². The van der Waals surface area contributed by atoms with Crippen molar-refractivity contribution in [3.8, 4) is 33.8 Å². The Morgan fingerprint density at radius 1 is 0.418 bits per heavy atom. The number of nitrogens with zero attached hydrogens (tertiary/aromatic N) is 1. The Labute approximate surface area is 319 Å². The van der Waals surface area contributed by atoms with E-state index in [1.165, 1.54) is 44.5 Å². The second kappa shape index (κ2) is 10.9. The van der Waals surface area contributed by atoms with E-state index in [9.17, 15) is 0 Å². The zero-order chi connectivity index (χ0) is 36.5. The van der Waals surface area contributed by atoms with Gasteiger partial charge in [0, 0.05) is 49.9 Å². The van der Waals surface area contributed by atoms with Crippen molar-refractivity contribution in [2.24, 2.45) is 0 Å². The van der Waals surface area contributed by atoms with Gasteiger partial charge in [0.2, 0.25) is 0 Å². The van der Waals surface area contributed by atoms with Crippen LogP contribution in [0.1, 0.15) is 47.2 Å². The van der Waals surface area contributed by atoms with Crippen molar-refractivity contribution in [2.75, 3.05) is 4.90 Å². The Morgan fingerprint density at radius 2 is 1.04 bits per heavy atom. The lowest BCUT2D eigenvalue weighted by molar-refractivity contribution is 0.436. The van der Waals surface area contributed by atoms with Crippen molar-refractivity contribution in [1.82, 2.24) is 0 Å². The minimum atomic E-state index is -0.546. The van der Waals surface area contributed by atoms with Crippen LogP contribution in [0, 0.1) is 0 Å². The van der Waals surface area contributed by atoms with E-state index >= 15 is 0 Å². The van der Waals surface area contributed by atoms with Crippen LogP contribution in [0.25, 0.3) is 44.2 Å². The number of hydrogen-bond donors (Lipinski definition) is 0. The number of rotatable bonds is 3. The van der Waals surface area contributed by atoms with Crippen LogP contribution in [-0.2, 0) is 10.8 Å². The molecule has 9 aromatic rings. The molecule has 3 aliphatic rings. The number of benzene rings is 8. The van der Waals surface area contributed by atoms with Gasteiger partial charge in [-0.05, 0) is 93.5 Å². The fourth-order valence-electron chi connectivity index (χ4n) is 10.1. The van der Waals surface area contributed by atoms with Crippen LogP contribution in [0.15, 0.2) is 180 Å². The van der Waals surface area contributed by atoms with E-state index in [-0.39, 0.29) is 5.41 Å². The smallest absolute Gasteiger partial charge is 0.143 e. The van der Waals surface area contributed by atoms with Crippen molar-refractivity contribution in [1.29, 1.82) is 0 Å². The summed E-state index contributed by atoms with van der Waals surface area (Å²) in [6, 6.07) is 63.8.